The largest absolute Gasteiger partial charge is 0.0625 e. The van der Waals surface area contributed by atoms with E-state index in [1.54, 1.807) is 11.1 Å². The summed E-state index contributed by atoms with van der Waals surface area (Å²) in [6, 6.07) is 9.75. The lowest BCUT2D eigenvalue weighted by Crippen LogP contribution is -2.12. The molecule has 2 saturated carbocycles. The Labute approximate surface area is 125 Å². The van der Waals surface area contributed by atoms with Crippen molar-refractivity contribution in [3.63, 3.8) is 0 Å². The molecule has 0 heteroatoms. The minimum atomic E-state index is 0.839. The molecule has 2 aliphatic carbocycles. The van der Waals surface area contributed by atoms with Gasteiger partial charge in [0.2, 0.25) is 0 Å². The van der Waals surface area contributed by atoms with E-state index in [1.807, 2.05) is 0 Å². The van der Waals surface area contributed by atoms with E-state index in [-0.39, 0.29) is 0 Å². The molecular formula is C20H30. The van der Waals surface area contributed by atoms with Crippen LogP contribution in [0, 0.1) is 11.8 Å². The van der Waals surface area contributed by atoms with Crippen molar-refractivity contribution in [2.75, 3.05) is 0 Å². The molecule has 0 amide bonds. The molecule has 2 fully saturated rings. The summed E-state index contributed by atoms with van der Waals surface area (Å²) in [5.41, 5.74) is 3.20. The Balaban J connectivity index is 1.62. The highest BCUT2D eigenvalue weighted by atomic mass is 14.3. The van der Waals surface area contributed by atoms with E-state index in [0.717, 1.165) is 23.7 Å². The molecule has 0 nitrogen and oxygen atoms in total. The van der Waals surface area contributed by atoms with Crippen molar-refractivity contribution in [3.05, 3.63) is 35.4 Å². The molecule has 0 saturated heterocycles. The van der Waals surface area contributed by atoms with Crippen LogP contribution >= 0.6 is 0 Å². The monoisotopic (exact) mass is 270 g/mol. The van der Waals surface area contributed by atoms with Crippen molar-refractivity contribution in [2.24, 2.45) is 11.8 Å². The van der Waals surface area contributed by atoms with Crippen LogP contribution in [-0.2, 0) is 0 Å². The van der Waals surface area contributed by atoms with Gasteiger partial charge in [0.25, 0.3) is 0 Å². The molecule has 0 N–H and O–H groups in total. The Morgan fingerprint density at radius 1 is 0.550 bits per heavy atom. The van der Waals surface area contributed by atoms with E-state index >= 15 is 0 Å². The fourth-order valence-electron chi connectivity index (χ4n) is 4.23. The Morgan fingerprint density at radius 2 is 0.850 bits per heavy atom. The van der Waals surface area contributed by atoms with Gasteiger partial charge in [0, 0.05) is 0 Å². The molecule has 3 rings (SSSR count). The molecule has 0 aromatic heterocycles. The molecule has 110 valence electrons. The fraction of sp³-hybridized carbons (Fsp3) is 0.700. The first kappa shape index (κ1) is 14.2. The third-order valence-corrected chi connectivity index (χ3v) is 5.91. The zero-order chi connectivity index (χ0) is 13.9. The lowest BCUT2D eigenvalue weighted by Gasteiger charge is -2.28. The molecule has 0 radical (unpaired) electrons. The van der Waals surface area contributed by atoms with Crippen molar-refractivity contribution < 1.29 is 0 Å². The van der Waals surface area contributed by atoms with E-state index in [1.165, 1.54) is 51.4 Å². The summed E-state index contributed by atoms with van der Waals surface area (Å²) in [6.45, 7) is 4.81. The highest BCUT2D eigenvalue weighted by Gasteiger charge is 2.22. The third kappa shape index (κ3) is 3.27. The molecule has 0 aliphatic heterocycles. The molecule has 0 unspecified atom stereocenters. The van der Waals surface area contributed by atoms with Crippen LogP contribution in [0.2, 0.25) is 0 Å². The fourth-order valence-corrected chi connectivity index (χ4v) is 4.23. The highest BCUT2D eigenvalue weighted by Crippen LogP contribution is 2.38. The zero-order valence-corrected chi connectivity index (χ0v) is 13.3. The van der Waals surface area contributed by atoms with Gasteiger partial charge in [-0.15, -0.1) is 0 Å². The summed E-state index contributed by atoms with van der Waals surface area (Å²) in [4.78, 5) is 0. The Kier molecular flexibility index (Phi) is 4.48. The molecule has 0 heterocycles. The average molecular weight is 270 g/mol. The molecule has 1 aromatic rings. The van der Waals surface area contributed by atoms with Gasteiger partial charge in [-0.05, 0) is 60.5 Å². The third-order valence-electron chi connectivity index (χ3n) is 5.91. The van der Waals surface area contributed by atoms with Crippen LogP contribution in [0.5, 0.6) is 0 Å². The number of rotatable bonds is 2. The van der Waals surface area contributed by atoms with Crippen LogP contribution in [0.3, 0.4) is 0 Å². The second-order valence-electron chi connectivity index (χ2n) is 7.58. The molecule has 2 aliphatic rings. The van der Waals surface area contributed by atoms with Gasteiger partial charge in [-0.2, -0.15) is 0 Å². The van der Waals surface area contributed by atoms with Gasteiger partial charge in [0.15, 0.2) is 0 Å². The maximum Gasteiger partial charge on any atom is -0.0162 e. The van der Waals surface area contributed by atoms with E-state index < -0.39 is 0 Å². The number of hydrogen-bond acceptors (Lipinski definition) is 0. The lowest BCUT2D eigenvalue weighted by molar-refractivity contribution is 0.345. The normalized spacial score (nSPS) is 34.9. The van der Waals surface area contributed by atoms with Crippen molar-refractivity contribution in [1.29, 1.82) is 0 Å². The number of benzene rings is 1. The summed E-state index contributed by atoms with van der Waals surface area (Å²) < 4.78 is 0. The van der Waals surface area contributed by atoms with Crippen LogP contribution in [0.1, 0.15) is 88.2 Å². The van der Waals surface area contributed by atoms with Crippen LogP contribution in [0.4, 0.5) is 0 Å². The highest BCUT2D eigenvalue weighted by molar-refractivity contribution is 5.28. The van der Waals surface area contributed by atoms with Gasteiger partial charge in [-0.1, -0.05) is 63.8 Å². The first-order valence-electron chi connectivity index (χ1n) is 8.82. The topological polar surface area (TPSA) is 0 Å². The smallest absolute Gasteiger partial charge is 0.0162 e. The van der Waals surface area contributed by atoms with Gasteiger partial charge in [0.1, 0.15) is 0 Å². The van der Waals surface area contributed by atoms with E-state index in [4.69, 9.17) is 0 Å². The maximum atomic E-state index is 2.44. The molecule has 0 bridgehead atoms. The number of hydrogen-bond donors (Lipinski definition) is 0. The Morgan fingerprint density at radius 3 is 1.15 bits per heavy atom. The molecule has 0 atom stereocenters. The van der Waals surface area contributed by atoms with Crippen LogP contribution < -0.4 is 0 Å². The van der Waals surface area contributed by atoms with E-state index in [0.29, 0.717) is 0 Å². The van der Waals surface area contributed by atoms with Crippen LogP contribution in [-0.4, -0.2) is 0 Å². The van der Waals surface area contributed by atoms with Crippen molar-refractivity contribution in [2.45, 2.75) is 77.0 Å². The van der Waals surface area contributed by atoms with Crippen molar-refractivity contribution >= 4 is 0 Å². The summed E-state index contributed by atoms with van der Waals surface area (Å²) in [6.07, 6.45) is 11.3. The van der Waals surface area contributed by atoms with E-state index in [9.17, 15) is 0 Å². The second-order valence-corrected chi connectivity index (χ2v) is 7.58. The van der Waals surface area contributed by atoms with Gasteiger partial charge in [-0.25, -0.2) is 0 Å². The molecule has 1 aromatic carbocycles. The van der Waals surface area contributed by atoms with Gasteiger partial charge in [-0.3, -0.25) is 0 Å². The molecule has 0 spiro atoms. The van der Waals surface area contributed by atoms with Gasteiger partial charge >= 0.3 is 0 Å². The summed E-state index contributed by atoms with van der Waals surface area (Å²) in [7, 11) is 0. The molecular weight excluding hydrogens is 240 g/mol. The SMILES string of the molecule is CC1CCC(c2ccc(C3CCC(C)CC3)cc2)CC1. The standard InChI is InChI=1S/C20H30/c1-15-3-7-17(8-4-15)19-11-13-20(14-12-19)18-9-5-16(2)6-10-18/h11-18H,3-10H2,1-2H3. The lowest BCUT2D eigenvalue weighted by atomic mass is 9.77. The summed E-state index contributed by atoms with van der Waals surface area (Å²) >= 11 is 0. The Bertz CT molecular complexity index is 359. The summed E-state index contributed by atoms with van der Waals surface area (Å²) in [5, 5.41) is 0. The first-order valence-corrected chi connectivity index (χ1v) is 8.82. The first-order chi connectivity index (χ1) is 9.72. The van der Waals surface area contributed by atoms with Crippen LogP contribution in [0.25, 0.3) is 0 Å². The zero-order valence-electron chi connectivity index (χ0n) is 13.3. The van der Waals surface area contributed by atoms with Gasteiger partial charge < -0.3 is 0 Å². The Hall–Kier alpha value is -0.780. The molecule has 20 heavy (non-hydrogen) atoms. The minimum absolute atomic E-state index is 0.839. The second kappa shape index (κ2) is 6.33. The van der Waals surface area contributed by atoms with Crippen molar-refractivity contribution in [3.8, 4) is 0 Å². The predicted molar refractivity (Wildman–Crippen MR) is 87.2 cm³/mol. The van der Waals surface area contributed by atoms with E-state index in [2.05, 4.69) is 38.1 Å². The predicted octanol–water partition coefficient (Wildman–Crippen LogP) is 6.27. The quantitative estimate of drug-likeness (QED) is 0.593. The van der Waals surface area contributed by atoms with Gasteiger partial charge in [0.05, 0.1) is 0 Å². The summed E-state index contributed by atoms with van der Waals surface area (Å²) in [5.74, 6) is 3.59. The van der Waals surface area contributed by atoms with Crippen LogP contribution in [0.15, 0.2) is 24.3 Å². The van der Waals surface area contributed by atoms with Crippen molar-refractivity contribution in [1.82, 2.24) is 0 Å². The maximum absolute atomic E-state index is 2.44. The average Bonchev–Trinajstić information content (AvgIpc) is 2.49. The minimum Gasteiger partial charge on any atom is -0.0625 e.